The molecular formula is C10H17N3. The molecule has 1 aliphatic rings. The van der Waals surface area contributed by atoms with Crippen molar-refractivity contribution < 1.29 is 0 Å². The number of aromatic amines is 1. The fraction of sp³-hybridized carbons (Fsp3) is 0.700. The van der Waals surface area contributed by atoms with E-state index in [1.54, 1.807) is 6.20 Å². The summed E-state index contributed by atoms with van der Waals surface area (Å²) in [4.78, 5) is 7.42. The number of hydrogen-bond donors (Lipinski definition) is 2. The molecule has 3 heteroatoms. The molecule has 0 bridgehead atoms. The smallest absolute Gasteiger partial charge is 0.126 e. The zero-order chi connectivity index (χ0) is 9.31. The maximum absolute atomic E-state index is 6.37. The van der Waals surface area contributed by atoms with Crippen LogP contribution in [-0.4, -0.2) is 9.97 Å². The van der Waals surface area contributed by atoms with Gasteiger partial charge in [-0.15, -0.1) is 0 Å². The molecule has 1 aliphatic carbocycles. The SMILES string of the molecule is C[C@H]1CCCC[C@]1(N)c1ncc[nH]1. The number of H-pyrrole nitrogens is 1. The van der Waals surface area contributed by atoms with E-state index in [9.17, 15) is 0 Å². The van der Waals surface area contributed by atoms with Gasteiger partial charge in [0.05, 0.1) is 5.54 Å². The van der Waals surface area contributed by atoms with Crippen LogP contribution in [0.4, 0.5) is 0 Å². The third kappa shape index (κ3) is 1.37. The molecule has 3 N–H and O–H groups in total. The Morgan fingerprint density at radius 2 is 2.46 bits per heavy atom. The van der Waals surface area contributed by atoms with Crippen molar-refractivity contribution in [3.63, 3.8) is 0 Å². The summed E-state index contributed by atoms with van der Waals surface area (Å²) in [6.07, 6.45) is 8.44. The van der Waals surface area contributed by atoms with Gasteiger partial charge in [-0.2, -0.15) is 0 Å². The number of nitrogens with one attached hydrogen (secondary N) is 1. The Balaban J connectivity index is 2.27. The number of imidazole rings is 1. The van der Waals surface area contributed by atoms with Crippen molar-refractivity contribution in [3.05, 3.63) is 18.2 Å². The van der Waals surface area contributed by atoms with Crippen molar-refractivity contribution in [3.8, 4) is 0 Å². The Labute approximate surface area is 78.7 Å². The monoisotopic (exact) mass is 179 g/mol. The van der Waals surface area contributed by atoms with Crippen molar-refractivity contribution in [2.75, 3.05) is 0 Å². The zero-order valence-electron chi connectivity index (χ0n) is 8.09. The molecule has 72 valence electrons. The van der Waals surface area contributed by atoms with Crippen LogP contribution in [-0.2, 0) is 5.54 Å². The van der Waals surface area contributed by atoms with Gasteiger partial charge in [-0.05, 0) is 18.8 Å². The molecular weight excluding hydrogens is 162 g/mol. The second-order valence-corrected chi connectivity index (χ2v) is 4.12. The fourth-order valence-corrected chi connectivity index (χ4v) is 2.24. The maximum atomic E-state index is 6.37. The van der Waals surface area contributed by atoms with Crippen molar-refractivity contribution in [1.29, 1.82) is 0 Å². The molecule has 2 atom stereocenters. The molecule has 0 aliphatic heterocycles. The molecule has 1 aromatic rings. The molecule has 1 saturated carbocycles. The Bertz CT molecular complexity index is 268. The first kappa shape index (κ1) is 8.75. The summed E-state index contributed by atoms with van der Waals surface area (Å²) in [6, 6.07) is 0. The average Bonchev–Trinajstić information content (AvgIpc) is 2.63. The summed E-state index contributed by atoms with van der Waals surface area (Å²) in [5, 5.41) is 0. The number of nitrogens with zero attached hydrogens (tertiary/aromatic N) is 1. The third-order valence-electron chi connectivity index (χ3n) is 3.30. The largest absolute Gasteiger partial charge is 0.347 e. The second kappa shape index (κ2) is 3.14. The highest BCUT2D eigenvalue weighted by Gasteiger charge is 2.37. The predicted molar refractivity (Wildman–Crippen MR) is 52.1 cm³/mol. The summed E-state index contributed by atoms with van der Waals surface area (Å²) in [5.41, 5.74) is 6.17. The summed E-state index contributed by atoms with van der Waals surface area (Å²) >= 11 is 0. The van der Waals surface area contributed by atoms with E-state index in [0.29, 0.717) is 5.92 Å². The van der Waals surface area contributed by atoms with Crippen LogP contribution in [0, 0.1) is 5.92 Å². The highest BCUT2D eigenvalue weighted by molar-refractivity contribution is 5.08. The van der Waals surface area contributed by atoms with Crippen molar-refractivity contribution in [2.45, 2.75) is 38.1 Å². The van der Waals surface area contributed by atoms with Gasteiger partial charge in [0.1, 0.15) is 5.82 Å². The lowest BCUT2D eigenvalue weighted by Gasteiger charge is -2.37. The molecule has 13 heavy (non-hydrogen) atoms. The van der Waals surface area contributed by atoms with E-state index in [-0.39, 0.29) is 5.54 Å². The van der Waals surface area contributed by atoms with E-state index >= 15 is 0 Å². The van der Waals surface area contributed by atoms with Crippen LogP contribution in [0.15, 0.2) is 12.4 Å². The van der Waals surface area contributed by atoms with Crippen LogP contribution in [0.2, 0.25) is 0 Å². The Morgan fingerprint density at radius 1 is 1.62 bits per heavy atom. The first-order valence-electron chi connectivity index (χ1n) is 5.02. The van der Waals surface area contributed by atoms with Gasteiger partial charge in [-0.1, -0.05) is 19.8 Å². The first-order chi connectivity index (χ1) is 6.23. The molecule has 0 aromatic carbocycles. The van der Waals surface area contributed by atoms with Gasteiger partial charge >= 0.3 is 0 Å². The summed E-state index contributed by atoms with van der Waals surface area (Å²) in [7, 11) is 0. The van der Waals surface area contributed by atoms with Crippen LogP contribution in [0.25, 0.3) is 0 Å². The number of nitrogens with two attached hydrogens (primary N) is 1. The van der Waals surface area contributed by atoms with Crippen LogP contribution in [0.5, 0.6) is 0 Å². The second-order valence-electron chi connectivity index (χ2n) is 4.12. The average molecular weight is 179 g/mol. The number of hydrogen-bond acceptors (Lipinski definition) is 2. The molecule has 0 radical (unpaired) electrons. The Hall–Kier alpha value is -0.830. The van der Waals surface area contributed by atoms with Crippen molar-refractivity contribution in [2.24, 2.45) is 11.7 Å². The van der Waals surface area contributed by atoms with Crippen molar-refractivity contribution in [1.82, 2.24) is 9.97 Å². The summed E-state index contributed by atoms with van der Waals surface area (Å²) in [6.45, 7) is 2.22. The van der Waals surface area contributed by atoms with Gasteiger partial charge in [0, 0.05) is 12.4 Å². The van der Waals surface area contributed by atoms with Gasteiger partial charge in [0.2, 0.25) is 0 Å². The lowest BCUT2D eigenvalue weighted by molar-refractivity contribution is 0.196. The van der Waals surface area contributed by atoms with E-state index < -0.39 is 0 Å². The molecule has 0 spiro atoms. The van der Waals surface area contributed by atoms with Gasteiger partial charge in [-0.3, -0.25) is 0 Å². The molecule has 0 saturated heterocycles. The highest BCUT2D eigenvalue weighted by Crippen LogP contribution is 2.37. The molecule has 0 amide bonds. The van der Waals surface area contributed by atoms with E-state index in [1.165, 1.54) is 19.3 Å². The lowest BCUT2D eigenvalue weighted by atomic mass is 9.74. The van der Waals surface area contributed by atoms with Crippen LogP contribution in [0.1, 0.15) is 38.4 Å². The first-order valence-corrected chi connectivity index (χ1v) is 5.02. The van der Waals surface area contributed by atoms with Gasteiger partial charge < -0.3 is 10.7 Å². The normalized spacial score (nSPS) is 34.8. The summed E-state index contributed by atoms with van der Waals surface area (Å²) in [5.74, 6) is 1.49. The quantitative estimate of drug-likeness (QED) is 0.690. The Kier molecular flexibility index (Phi) is 2.12. The summed E-state index contributed by atoms with van der Waals surface area (Å²) < 4.78 is 0. The van der Waals surface area contributed by atoms with Crippen LogP contribution in [0.3, 0.4) is 0 Å². The maximum Gasteiger partial charge on any atom is 0.126 e. The van der Waals surface area contributed by atoms with Gasteiger partial charge in [0.15, 0.2) is 0 Å². The minimum atomic E-state index is -0.207. The van der Waals surface area contributed by atoms with E-state index in [4.69, 9.17) is 5.73 Å². The van der Waals surface area contributed by atoms with E-state index in [1.807, 2.05) is 6.20 Å². The molecule has 3 nitrogen and oxygen atoms in total. The number of rotatable bonds is 1. The molecule has 2 rings (SSSR count). The van der Waals surface area contributed by atoms with Gasteiger partial charge in [0.25, 0.3) is 0 Å². The minimum Gasteiger partial charge on any atom is -0.347 e. The van der Waals surface area contributed by atoms with Gasteiger partial charge in [-0.25, -0.2) is 4.98 Å². The van der Waals surface area contributed by atoms with Crippen LogP contribution < -0.4 is 5.73 Å². The molecule has 0 unspecified atom stereocenters. The zero-order valence-corrected chi connectivity index (χ0v) is 8.09. The van der Waals surface area contributed by atoms with Crippen LogP contribution >= 0.6 is 0 Å². The Morgan fingerprint density at radius 3 is 3.08 bits per heavy atom. The standard InChI is InChI=1S/C10H17N3/c1-8-4-2-3-5-10(8,11)9-12-6-7-13-9/h6-8H,2-5,11H2,1H3,(H,12,13)/t8-,10+/m0/s1. The molecule has 1 aromatic heterocycles. The molecule has 1 fully saturated rings. The predicted octanol–water partition coefficient (Wildman–Crippen LogP) is 1.77. The molecule has 1 heterocycles. The third-order valence-corrected chi connectivity index (χ3v) is 3.30. The number of aromatic nitrogens is 2. The highest BCUT2D eigenvalue weighted by atomic mass is 15.0. The fourth-order valence-electron chi connectivity index (χ4n) is 2.24. The van der Waals surface area contributed by atoms with E-state index in [2.05, 4.69) is 16.9 Å². The lowest BCUT2D eigenvalue weighted by Crippen LogP contribution is -2.46. The minimum absolute atomic E-state index is 0.207. The topological polar surface area (TPSA) is 54.7 Å². The van der Waals surface area contributed by atoms with E-state index in [0.717, 1.165) is 12.2 Å². The van der Waals surface area contributed by atoms with Crippen molar-refractivity contribution >= 4 is 0 Å².